The van der Waals surface area contributed by atoms with Gasteiger partial charge in [0.25, 0.3) is 0 Å². The molecule has 0 saturated heterocycles. The van der Waals surface area contributed by atoms with Gasteiger partial charge in [0.15, 0.2) is 11.6 Å². The summed E-state index contributed by atoms with van der Waals surface area (Å²) in [7, 11) is 0. The summed E-state index contributed by atoms with van der Waals surface area (Å²) in [6.07, 6.45) is 6.56. The molecule has 0 aliphatic carbocycles. The standard InChI is InChI=1S/C15H22N8O/c24-15(17-10-14-21-19-12-6-4-8-23(12)14)16-9-13-20-18-11-5-2-1-3-7-22(11)13/h1-10H2,(H2,16,17,24). The van der Waals surface area contributed by atoms with Gasteiger partial charge in [-0.3, -0.25) is 0 Å². The van der Waals surface area contributed by atoms with Crippen molar-refractivity contribution in [2.45, 2.75) is 64.7 Å². The smallest absolute Gasteiger partial charge is 0.315 e. The summed E-state index contributed by atoms with van der Waals surface area (Å²) in [5.74, 6) is 3.68. The molecule has 2 aliphatic rings. The maximum absolute atomic E-state index is 12.0. The van der Waals surface area contributed by atoms with Crippen molar-refractivity contribution >= 4 is 6.03 Å². The summed E-state index contributed by atoms with van der Waals surface area (Å²) < 4.78 is 4.22. The van der Waals surface area contributed by atoms with E-state index in [0.29, 0.717) is 13.1 Å². The second kappa shape index (κ2) is 6.58. The lowest BCUT2D eigenvalue weighted by Crippen LogP contribution is -2.36. The molecule has 0 radical (unpaired) electrons. The highest BCUT2D eigenvalue weighted by atomic mass is 16.2. The Hall–Kier alpha value is -2.45. The van der Waals surface area contributed by atoms with Crippen LogP contribution in [0.5, 0.6) is 0 Å². The molecule has 4 rings (SSSR count). The van der Waals surface area contributed by atoms with Crippen LogP contribution in [-0.4, -0.2) is 35.6 Å². The Morgan fingerprint density at radius 1 is 0.792 bits per heavy atom. The first kappa shape index (κ1) is 15.1. The Morgan fingerprint density at radius 2 is 1.38 bits per heavy atom. The fourth-order valence-corrected chi connectivity index (χ4v) is 3.40. The topological polar surface area (TPSA) is 103 Å². The van der Waals surface area contributed by atoms with Gasteiger partial charge in [-0.1, -0.05) is 6.42 Å². The molecule has 0 fully saturated rings. The summed E-state index contributed by atoms with van der Waals surface area (Å²) in [6, 6.07) is -0.226. The van der Waals surface area contributed by atoms with Gasteiger partial charge < -0.3 is 19.8 Å². The van der Waals surface area contributed by atoms with Gasteiger partial charge in [-0.25, -0.2) is 4.79 Å². The largest absolute Gasteiger partial charge is 0.331 e. The molecule has 0 bridgehead atoms. The molecule has 4 heterocycles. The first-order valence-electron chi connectivity index (χ1n) is 8.65. The van der Waals surface area contributed by atoms with Crippen LogP contribution in [0, 0.1) is 0 Å². The first-order chi connectivity index (χ1) is 11.8. The van der Waals surface area contributed by atoms with Gasteiger partial charge in [-0.05, 0) is 19.3 Å². The quantitative estimate of drug-likeness (QED) is 0.852. The zero-order valence-corrected chi connectivity index (χ0v) is 13.7. The van der Waals surface area contributed by atoms with Gasteiger partial charge in [0.05, 0.1) is 13.1 Å². The van der Waals surface area contributed by atoms with E-state index in [1.54, 1.807) is 0 Å². The zero-order valence-electron chi connectivity index (χ0n) is 13.7. The molecule has 0 atom stereocenters. The van der Waals surface area contributed by atoms with Crippen molar-refractivity contribution in [1.29, 1.82) is 0 Å². The summed E-state index contributed by atoms with van der Waals surface area (Å²) in [5.41, 5.74) is 0. The van der Waals surface area contributed by atoms with Gasteiger partial charge in [0, 0.05) is 25.9 Å². The molecule has 0 aromatic carbocycles. The van der Waals surface area contributed by atoms with Crippen LogP contribution in [0.1, 0.15) is 49.0 Å². The number of aromatic nitrogens is 6. The number of rotatable bonds is 4. The summed E-state index contributed by atoms with van der Waals surface area (Å²) in [4.78, 5) is 12.0. The lowest BCUT2D eigenvalue weighted by molar-refractivity contribution is 0.239. The van der Waals surface area contributed by atoms with Gasteiger partial charge in [-0.15, -0.1) is 20.4 Å². The van der Waals surface area contributed by atoms with Crippen LogP contribution < -0.4 is 10.6 Å². The average Bonchev–Trinajstić information content (AvgIpc) is 3.24. The highest BCUT2D eigenvalue weighted by Crippen LogP contribution is 2.15. The van der Waals surface area contributed by atoms with Crippen molar-refractivity contribution in [1.82, 2.24) is 40.2 Å². The first-order valence-corrected chi connectivity index (χ1v) is 8.65. The van der Waals surface area contributed by atoms with Crippen molar-refractivity contribution in [3.8, 4) is 0 Å². The number of nitrogens with zero attached hydrogens (tertiary/aromatic N) is 6. The molecule has 2 amide bonds. The van der Waals surface area contributed by atoms with E-state index >= 15 is 0 Å². The SMILES string of the molecule is O=C(NCc1nnc2n1CCCCC2)NCc1nnc2n1CCC2. The Labute approximate surface area is 139 Å². The molecule has 24 heavy (non-hydrogen) atoms. The predicted octanol–water partition coefficient (Wildman–Crippen LogP) is 0.542. The third-order valence-corrected chi connectivity index (χ3v) is 4.69. The second-order valence-electron chi connectivity index (χ2n) is 6.32. The Bertz CT molecular complexity index is 734. The van der Waals surface area contributed by atoms with Crippen molar-refractivity contribution in [3.63, 3.8) is 0 Å². The van der Waals surface area contributed by atoms with Crippen molar-refractivity contribution in [2.75, 3.05) is 0 Å². The summed E-state index contributed by atoms with van der Waals surface area (Å²) in [6.45, 7) is 2.65. The normalized spacial score (nSPS) is 16.3. The van der Waals surface area contributed by atoms with E-state index in [2.05, 4.69) is 40.2 Å². The second-order valence-corrected chi connectivity index (χ2v) is 6.32. The average molecular weight is 330 g/mol. The van der Waals surface area contributed by atoms with Crippen LogP contribution in [-0.2, 0) is 39.0 Å². The maximum atomic E-state index is 12.0. The Balaban J connectivity index is 1.30. The number of carbonyl (C=O) groups is 1. The molecule has 9 nitrogen and oxygen atoms in total. The molecular formula is C15H22N8O. The third-order valence-electron chi connectivity index (χ3n) is 4.69. The number of urea groups is 1. The van der Waals surface area contributed by atoms with E-state index in [1.165, 1.54) is 6.42 Å². The van der Waals surface area contributed by atoms with E-state index in [0.717, 1.165) is 68.5 Å². The van der Waals surface area contributed by atoms with Crippen LogP contribution in [0.25, 0.3) is 0 Å². The number of fused-ring (bicyclic) bond motifs is 2. The summed E-state index contributed by atoms with van der Waals surface area (Å²) in [5, 5.41) is 22.4. The molecule has 0 spiro atoms. The van der Waals surface area contributed by atoms with Crippen LogP contribution in [0.3, 0.4) is 0 Å². The minimum atomic E-state index is -0.226. The highest BCUT2D eigenvalue weighted by molar-refractivity contribution is 5.73. The fourth-order valence-electron chi connectivity index (χ4n) is 3.40. The van der Waals surface area contributed by atoms with Crippen LogP contribution in [0.2, 0.25) is 0 Å². The predicted molar refractivity (Wildman–Crippen MR) is 85.0 cm³/mol. The van der Waals surface area contributed by atoms with Crippen molar-refractivity contribution in [2.24, 2.45) is 0 Å². The number of hydrogen-bond donors (Lipinski definition) is 2. The lowest BCUT2D eigenvalue weighted by atomic mass is 10.2. The number of amides is 2. The molecule has 2 aromatic heterocycles. The monoisotopic (exact) mass is 330 g/mol. The highest BCUT2D eigenvalue weighted by Gasteiger charge is 2.18. The number of carbonyl (C=O) groups excluding carboxylic acids is 1. The van der Waals surface area contributed by atoms with Crippen molar-refractivity contribution in [3.05, 3.63) is 23.3 Å². The molecule has 9 heteroatoms. The van der Waals surface area contributed by atoms with E-state index in [9.17, 15) is 4.79 Å². The molecule has 2 aromatic rings. The Kier molecular flexibility index (Phi) is 4.14. The van der Waals surface area contributed by atoms with Crippen LogP contribution in [0.15, 0.2) is 0 Å². The lowest BCUT2D eigenvalue weighted by Gasteiger charge is -2.09. The van der Waals surface area contributed by atoms with Crippen molar-refractivity contribution < 1.29 is 4.79 Å². The third kappa shape index (κ3) is 2.98. The number of hydrogen-bond acceptors (Lipinski definition) is 5. The molecular weight excluding hydrogens is 308 g/mol. The van der Waals surface area contributed by atoms with Gasteiger partial charge in [0.2, 0.25) is 0 Å². The molecule has 0 saturated carbocycles. The van der Waals surface area contributed by atoms with E-state index in [4.69, 9.17) is 0 Å². The van der Waals surface area contributed by atoms with E-state index in [-0.39, 0.29) is 6.03 Å². The zero-order chi connectivity index (χ0) is 16.4. The Morgan fingerprint density at radius 3 is 2.04 bits per heavy atom. The van der Waals surface area contributed by atoms with Gasteiger partial charge >= 0.3 is 6.03 Å². The van der Waals surface area contributed by atoms with E-state index in [1.807, 2.05) is 0 Å². The van der Waals surface area contributed by atoms with Gasteiger partial charge in [-0.2, -0.15) is 0 Å². The number of aryl methyl sites for hydroxylation is 2. The summed E-state index contributed by atoms with van der Waals surface area (Å²) >= 11 is 0. The van der Waals surface area contributed by atoms with Gasteiger partial charge in [0.1, 0.15) is 11.6 Å². The minimum Gasteiger partial charge on any atom is -0.331 e. The minimum absolute atomic E-state index is 0.226. The molecule has 0 unspecified atom stereocenters. The van der Waals surface area contributed by atoms with Crippen LogP contribution in [0.4, 0.5) is 4.79 Å². The number of nitrogens with one attached hydrogen (secondary N) is 2. The molecule has 128 valence electrons. The molecule has 2 N–H and O–H groups in total. The van der Waals surface area contributed by atoms with Crippen LogP contribution >= 0.6 is 0 Å². The molecule has 2 aliphatic heterocycles. The van der Waals surface area contributed by atoms with E-state index < -0.39 is 0 Å². The fraction of sp³-hybridized carbons (Fsp3) is 0.667. The maximum Gasteiger partial charge on any atom is 0.315 e.